The average molecular weight is 434 g/mol. The van der Waals surface area contributed by atoms with E-state index in [0.29, 0.717) is 0 Å². The van der Waals surface area contributed by atoms with E-state index < -0.39 is 0 Å². The third-order valence-corrected chi connectivity index (χ3v) is 7.48. The summed E-state index contributed by atoms with van der Waals surface area (Å²) in [7, 11) is 0. The van der Waals surface area contributed by atoms with E-state index in [4.69, 9.17) is 9.97 Å². The first-order valence-corrected chi connectivity index (χ1v) is 12.1. The first kappa shape index (κ1) is 19.2. The Morgan fingerprint density at radius 1 is 1.00 bits per heavy atom. The number of rotatable bonds is 4. The molecule has 2 aliphatic heterocycles. The summed E-state index contributed by atoms with van der Waals surface area (Å²) in [4.78, 5) is 16.6. The predicted octanol–water partition coefficient (Wildman–Crippen LogP) is 3.63. The van der Waals surface area contributed by atoms with Crippen LogP contribution in [0.1, 0.15) is 24.1 Å². The predicted molar refractivity (Wildman–Crippen MR) is 127 cm³/mol. The highest BCUT2D eigenvalue weighted by Crippen LogP contribution is 2.36. The summed E-state index contributed by atoms with van der Waals surface area (Å²) >= 11 is 1.87. The number of nitrogens with zero attached hydrogens (tertiary/aromatic N) is 5. The lowest BCUT2D eigenvalue weighted by molar-refractivity contribution is 0.235. The van der Waals surface area contributed by atoms with Crippen molar-refractivity contribution in [3.63, 3.8) is 0 Å². The van der Waals surface area contributed by atoms with Crippen molar-refractivity contribution in [1.29, 1.82) is 0 Å². The normalized spacial score (nSPS) is 18.3. The molecule has 5 heterocycles. The molecule has 3 aromatic heterocycles. The Balaban J connectivity index is 1.46. The van der Waals surface area contributed by atoms with E-state index in [1.165, 1.54) is 28.8 Å². The molecule has 2 aliphatic rings. The van der Waals surface area contributed by atoms with Crippen LogP contribution in [0.15, 0.2) is 30.5 Å². The highest BCUT2D eigenvalue weighted by molar-refractivity contribution is 7.19. The Kier molecular flexibility index (Phi) is 5.06. The molecule has 7 nitrogen and oxygen atoms in total. The van der Waals surface area contributed by atoms with Crippen molar-refractivity contribution >= 4 is 38.3 Å². The van der Waals surface area contributed by atoms with E-state index in [9.17, 15) is 0 Å². The van der Waals surface area contributed by atoms with Gasteiger partial charge in [-0.2, -0.15) is 5.10 Å². The van der Waals surface area contributed by atoms with Crippen molar-refractivity contribution in [2.24, 2.45) is 0 Å². The number of aromatic nitrogens is 4. The summed E-state index contributed by atoms with van der Waals surface area (Å²) in [5.74, 6) is 1.91. The van der Waals surface area contributed by atoms with Crippen molar-refractivity contribution in [1.82, 2.24) is 30.4 Å². The molecule has 0 atom stereocenters. The Morgan fingerprint density at radius 2 is 1.87 bits per heavy atom. The van der Waals surface area contributed by atoms with Crippen molar-refractivity contribution < 1.29 is 0 Å². The molecule has 4 aromatic rings. The first-order valence-electron chi connectivity index (χ1n) is 11.3. The minimum absolute atomic E-state index is 0.798. The molecule has 0 bridgehead atoms. The second-order valence-corrected chi connectivity index (χ2v) is 9.65. The van der Waals surface area contributed by atoms with Gasteiger partial charge in [0.05, 0.1) is 21.9 Å². The van der Waals surface area contributed by atoms with E-state index in [1.54, 1.807) is 0 Å². The fraction of sp³-hybridized carbons (Fsp3) is 0.435. The molecule has 8 heteroatoms. The topological polar surface area (TPSA) is 73.0 Å². The van der Waals surface area contributed by atoms with E-state index >= 15 is 0 Å². The Hall–Kier alpha value is -2.55. The van der Waals surface area contributed by atoms with Gasteiger partial charge >= 0.3 is 0 Å². The third-order valence-electron chi connectivity index (χ3n) is 6.38. The van der Waals surface area contributed by atoms with E-state index in [0.717, 1.165) is 79.4 Å². The van der Waals surface area contributed by atoms with Gasteiger partial charge in [-0.25, -0.2) is 9.97 Å². The highest BCUT2D eigenvalue weighted by atomic mass is 32.1. The summed E-state index contributed by atoms with van der Waals surface area (Å²) in [5.41, 5.74) is 3.13. The van der Waals surface area contributed by atoms with Gasteiger partial charge in [-0.1, -0.05) is 12.1 Å². The number of H-pyrrole nitrogens is 1. The quantitative estimate of drug-likeness (QED) is 0.512. The maximum atomic E-state index is 5.14. The molecule has 2 saturated heterocycles. The fourth-order valence-corrected chi connectivity index (χ4v) is 5.89. The number of fused-ring (bicyclic) bond motifs is 2. The van der Waals surface area contributed by atoms with Crippen LogP contribution in [0.5, 0.6) is 0 Å². The molecule has 1 aromatic carbocycles. The zero-order chi connectivity index (χ0) is 20.6. The van der Waals surface area contributed by atoms with Gasteiger partial charge in [-0.15, -0.1) is 11.3 Å². The molecule has 31 heavy (non-hydrogen) atoms. The van der Waals surface area contributed by atoms with Crippen molar-refractivity contribution in [3.05, 3.63) is 35.3 Å². The van der Waals surface area contributed by atoms with Crippen LogP contribution < -0.4 is 10.2 Å². The number of hydrogen-bond donors (Lipinski definition) is 2. The smallest absolute Gasteiger partial charge is 0.162 e. The van der Waals surface area contributed by atoms with Crippen LogP contribution in [0.3, 0.4) is 0 Å². The van der Waals surface area contributed by atoms with Gasteiger partial charge in [0.15, 0.2) is 11.6 Å². The molecule has 2 N–H and O–H groups in total. The van der Waals surface area contributed by atoms with Gasteiger partial charge in [0.25, 0.3) is 0 Å². The summed E-state index contributed by atoms with van der Waals surface area (Å²) < 4.78 is 1.23. The number of piperidine rings is 1. The molecule has 6 rings (SSSR count). The van der Waals surface area contributed by atoms with Crippen LogP contribution >= 0.6 is 11.3 Å². The van der Waals surface area contributed by atoms with Gasteiger partial charge in [0, 0.05) is 61.6 Å². The summed E-state index contributed by atoms with van der Waals surface area (Å²) in [6.07, 6.45) is 5.65. The van der Waals surface area contributed by atoms with Crippen LogP contribution in [0.25, 0.3) is 32.5 Å². The summed E-state index contributed by atoms with van der Waals surface area (Å²) in [6, 6.07) is 8.49. The fourth-order valence-electron chi connectivity index (χ4n) is 4.74. The van der Waals surface area contributed by atoms with Crippen molar-refractivity contribution in [2.75, 3.05) is 44.2 Å². The maximum Gasteiger partial charge on any atom is 0.162 e. The second kappa shape index (κ2) is 8.18. The molecule has 0 spiro atoms. The first-order chi connectivity index (χ1) is 15.3. The van der Waals surface area contributed by atoms with Crippen LogP contribution in [0, 0.1) is 0 Å². The molecular formula is C23H27N7S. The average Bonchev–Trinajstić information content (AvgIpc) is 3.46. The van der Waals surface area contributed by atoms with Gasteiger partial charge in [-0.3, -0.25) is 10.00 Å². The number of nitrogens with one attached hydrogen (secondary N) is 2. The minimum atomic E-state index is 0.798. The molecule has 2 fully saturated rings. The van der Waals surface area contributed by atoms with Crippen LogP contribution in [-0.4, -0.2) is 64.3 Å². The second-order valence-electron chi connectivity index (χ2n) is 8.51. The maximum absolute atomic E-state index is 5.14. The number of anilines is 1. The number of aromatic amines is 1. The zero-order valence-corrected chi connectivity index (χ0v) is 18.4. The van der Waals surface area contributed by atoms with Crippen LogP contribution in [0.2, 0.25) is 0 Å². The molecule has 0 radical (unpaired) electrons. The van der Waals surface area contributed by atoms with Crippen LogP contribution in [0.4, 0.5) is 5.82 Å². The monoisotopic (exact) mass is 433 g/mol. The molecular weight excluding hydrogens is 406 g/mol. The lowest BCUT2D eigenvalue weighted by atomic mass is 10.1. The SMILES string of the molecule is c1cc(-c2nc(N3CCCCC3)c3sc(CN4CCNCC4)cc3n2)c2cn[nH]c2c1. The Morgan fingerprint density at radius 3 is 2.74 bits per heavy atom. The summed E-state index contributed by atoms with van der Waals surface area (Å²) in [5, 5.41) is 11.8. The van der Waals surface area contributed by atoms with Gasteiger partial charge in [0.1, 0.15) is 0 Å². The van der Waals surface area contributed by atoms with Crippen LogP contribution in [-0.2, 0) is 6.54 Å². The zero-order valence-electron chi connectivity index (χ0n) is 17.6. The lowest BCUT2D eigenvalue weighted by Gasteiger charge is -2.28. The van der Waals surface area contributed by atoms with E-state index in [2.05, 4.69) is 37.4 Å². The Bertz CT molecular complexity index is 1200. The van der Waals surface area contributed by atoms with Crippen molar-refractivity contribution in [3.8, 4) is 11.4 Å². The van der Waals surface area contributed by atoms with Gasteiger partial charge < -0.3 is 10.2 Å². The number of benzene rings is 1. The number of thiophene rings is 1. The molecule has 0 amide bonds. The third kappa shape index (κ3) is 3.69. The number of hydrogen-bond acceptors (Lipinski definition) is 7. The summed E-state index contributed by atoms with van der Waals surface area (Å²) in [6.45, 7) is 7.50. The highest BCUT2D eigenvalue weighted by Gasteiger charge is 2.21. The molecule has 160 valence electrons. The van der Waals surface area contributed by atoms with E-state index in [-0.39, 0.29) is 0 Å². The number of piperazine rings is 1. The standard InChI is InChI=1S/C23H27N7S/c1-2-9-30(10-3-1)23-21-20(13-16(31-21)15-29-11-7-24-8-12-29)26-22(27-23)17-5-4-6-19-18(17)14-25-28-19/h4-6,13-14,24H,1-3,7-12,15H2,(H,25,28). The lowest BCUT2D eigenvalue weighted by Crippen LogP contribution is -2.42. The Labute approximate surface area is 185 Å². The molecule has 0 saturated carbocycles. The largest absolute Gasteiger partial charge is 0.355 e. The minimum Gasteiger partial charge on any atom is -0.355 e. The van der Waals surface area contributed by atoms with Gasteiger partial charge in [0.2, 0.25) is 0 Å². The van der Waals surface area contributed by atoms with E-state index in [1.807, 2.05) is 29.7 Å². The van der Waals surface area contributed by atoms with Gasteiger partial charge in [-0.05, 0) is 31.4 Å². The molecule has 0 unspecified atom stereocenters. The van der Waals surface area contributed by atoms with Crippen molar-refractivity contribution in [2.45, 2.75) is 25.8 Å². The molecule has 0 aliphatic carbocycles.